The summed E-state index contributed by atoms with van der Waals surface area (Å²) < 4.78 is 0. The van der Waals surface area contributed by atoms with E-state index < -0.39 is 0 Å². The number of hydrogen-bond acceptors (Lipinski definition) is 3. The van der Waals surface area contributed by atoms with E-state index in [4.69, 9.17) is 10.2 Å². The smallest absolute Gasteiger partial charge is 0.220 e. The Labute approximate surface area is 88.6 Å². The summed E-state index contributed by atoms with van der Waals surface area (Å²) >= 11 is 0. The van der Waals surface area contributed by atoms with E-state index in [1.165, 1.54) is 0 Å². The standard InChI is InChI=1S/C11H15NO3/c13-7-1-2-11(15)12-8-9-3-5-10(14)6-4-9/h3-6,13-14H,1-2,7-8H2,(H,12,15). The molecule has 0 heterocycles. The highest BCUT2D eigenvalue weighted by atomic mass is 16.3. The second-order valence-electron chi connectivity index (χ2n) is 3.27. The zero-order valence-electron chi connectivity index (χ0n) is 8.44. The van der Waals surface area contributed by atoms with Gasteiger partial charge in [0.1, 0.15) is 5.75 Å². The van der Waals surface area contributed by atoms with Gasteiger partial charge in [-0.2, -0.15) is 0 Å². The highest BCUT2D eigenvalue weighted by Gasteiger charge is 2.00. The number of aliphatic hydroxyl groups is 1. The third-order valence-electron chi connectivity index (χ3n) is 1.99. The summed E-state index contributed by atoms with van der Waals surface area (Å²) in [5.74, 6) is 0.141. The first kappa shape index (κ1) is 11.5. The summed E-state index contributed by atoms with van der Waals surface area (Å²) in [5.41, 5.74) is 0.935. The van der Waals surface area contributed by atoms with Gasteiger partial charge in [-0.25, -0.2) is 0 Å². The second kappa shape index (κ2) is 6.03. The normalized spacial score (nSPS) is 9.93. The van der Waals surface area contributed by atoms with Gasteiger partial charge in [0.25, 0.3) is 0 Å². The molecule has 0 saturated heterocycles. The molecule has 0 spiro atoms. The van der Waals surface area contributed by atoms with Crippen molar-refractivity contribution in [2.45, 2.75) is 19.4 Å². The van der Waals surface area contributed by atoms with E-state index in [1.54, 1.807) is 24.3 Å². The third kappa shape index (κ3) is 4.46. The van der Waals surface area contributed by atoms with E-state index in [2.05, 4.69) is 5.32 Å². The van der Waals surface area contributed by atoms with Gasteiger partial charge in [0.15, 0.2) is 0 Å². The molecular weight excluding hydrogens is 194 g/mol. The number of aliphatic hydroxyl groups excluding tert-OH is 1. The summed E-state index contributed by atoms with van der Waals surface area (Å²) in [6.07, 6.45) is 0.829. The topological polar surface area (TPSA) is 69.6 Å². The predicted octanol–water partition coefficient (Wildman–Crippen LogP) is 0.781. The number of hydrogen-bond donors (Lipinski definition) is 3. The fourth-order valence-electron chi connectivity index (χ4n) is 1.14. The summed E-state index contributed by atoms with van der Waals surface area (Å²) in [7, 11) is 0. The number of benzene rings is 1. The number of phenolic OH excluding ortho intramolecular Hbond substituents is 1. The van der Waals surface area contributed by atoms with Gasteiger partial charge in [-0.3, -0.25) is 4.79 Å². The van der Waals surface area contributed by atoms with Crippen molar-refractivity contribution in [1.29, 1.82) is 0 Å². The maximum atomic E-state index is 11.2. The number of amides is 1. The van der Waals surface area contributed by atoms with Crippen LogP contribution in [0.4, 0.5) is 0 Å². The molecule has 0 bridgehead atoms. The van der Waals surface area contributed by atoms with Crippen molar-refractivity contribution in [3.8, 4) is 5.75 Å². The predicted molar refractivity (Wildman–Crippen MR) is 56.3 cm³/mol. The summed E-state index contributed by atoms with van der Waals surface area (Å²) in [5, 5.41) is 20.3. The molecule has 1 rings (SSSR count). The lowest BCUT2D eigenvalue weighted by atomic mass is 10.2. The molecule has 82 valence electrons. The lowest BCUT2D eigenvalue weighted by molar-refractivity contribution is -0.121. The van der Waals surface area contributed by atoms with Crippen LogP contribution >= 0.6 is 0 Å². The molecular formula is C11H15NO3. The van der Waals surface area contributed by atoms with Crippen LogP contribution in [0.25, 0.3) is 0 Å². The number of phenols is 1. The molecule has 1 aromatic carbocycles. The lowest BCUT2D eigenvalue weighted by Gasteiger charge is -2.04. The van der Waals surface area contributed by atoms with Gasteiger partial charge in [-0.15, -0.1) is 0 Å². The lowest BCUT2D eigenvalue weighted by Crippen LogP contribution is -2.22. The number of carbonyl (C=O) groups is 1. The fraction of sp³-hybridized carbons (Fsp3) is 0.364. The van der Waals surface area contributed by atoms with Gasteiger partial charge >= 0.3 is 0 Å². The molecule has 0 aliphatic rings. The Kier molecular flexibility index (Phi) is 4.63. The second-order valence-corrected chi connectivity index (χ2v) is 3.27. The molecule has 4 nitrogen and oxygen atoms in total. The van der Waals surface area contributed by atoms with E-state index >= 15 is 0 Å². The summed E-state index contributed by atoms with van der Waals surface area (Å²) in [4.78, 5) is 11.2. The highest BCUT2D eigenvalue weighted by molar-refractivity contribution is 5.75. The Hall–Kier alpha value is -1.55. The van der Waals surface area contributed by atoms with Crippen molar-refractivity contribution in [1.82, 2.24) is 5.32 Å². The molecule has 15 heavy (non-hydrogen) atoms. The molecule has 0 atom stereocenters. The first-order valence-corrected chi connectivity index (χ1v) is 4.88. The van der Waals surface area contributed by atoms with Gasteiger partial charge in [-0.1, -0.05) is 12.1 Å². The monoisotopic (exact) mass is 209 g/mol. The van der Waals surface area contributed by atoms with Gasteiger partial charge < -0.3 is 15.5 Å². The van der Waals surface area contributed by atoms with Crippen LogP contribution in [0.3, 0.4) is 0 Å². The Morgan fingerprint density at radius 2 is 1.93 bits per heavy atom. The van der Waals surface area contributed by atoms with Crippen LogP contribution in [-0.2, 0) is 11.3 Å². The van der Waals surface area contributed by atoms with Crippen molar-refractivity contribution < 1.29 is 15.0 Å². The number of carbonyl (C=O) groups excluding carboxylic acids is 1. The Morgan fingerprint density at radius 1 is 1.27 bits per heavy atom. The van der Waals surface area contributed by atoms with Crippen LogP contribution in [-0.4, -0.2) is 22.7 Å². The number of nitrogens with one attached hydrogen (secondary N) is 1. The summed E-state index contributed by atoms with van der Waals surface area (Å²) in [6.45, 7) is 0.483. The summed E-state index contributed by atoms with van der Waals surface area (Å²) in [6, 6.07) is 6.66. The van der Waals surface area contributed by atoms with E-state index in [1.807, 2.05) is 0 Å². The van der Waals surface area contributed by atoms with E-state index in [-0.39, 0.29) is 18.3 Å². The van der Waals surface area contributed by atoms with Gasteiger partial charge in [0, 0.05) is 19.6 Å². The van der Waals surface area contributed by atoms with Crippen molar-refractivity contribution in [3.63, 3.8) is 0 Å². The fourth-order valence-corrected chi connectivity index (χ4v) is 1.14. The van der Waals surface area contributed by atoms with Crippen molar-refractivity contribution in [3.05, 3.63) is 29.8 Å². The Morgan fingerprint density at radius 3 is 2.53 bits per heavy atom. The van der Waals surface area contributed by atoms with Crippen molar-refractivity contribution in [2.75, 3.05) is 6.61 Å². The minimum atomic E-state index is -0.0721. The van der Waals surface area contributed by atoms with Crippen molar-refractivity contribution in [2.24, 2.45) is 0 Å². The maximum Gasteiger partial charge on any atom is 0.220 e. The maximum absolute atomic E-state index is 11.2. The minimum absolute atomic E-state index is 0.0344. The Bertz CT molecular complexity index is 308. The van der Waals surface area contributed by atoms with Crippen LogP contribution in [0.1, 0.15) is 18.4 Å². The van der Waals surface area contributed by atoms with E-state index in [0.29, 0.717) is 19.4 Å². The Balaban J connectivity index is 2.30. The number of rotatable bonds is 5. The van der Waals surface area contributed by atoms with Crippen molar-refractivity contribution >= 4 is 5.91 Å². The molecule has 0 unspecified atom stereocenters. The molecule has 0 fully saturated rings. The van der Waals surface area contributed by atoms with Crippen LogP contribution in [0.5, 0.6) is 5.75 Å². The van der Waals surface area contributed by atoms with Crippen LogP contribution in [0.15, 0.2) is 24.3 Å². The van der Waals surface area contributed by atoms with Gasteiger partial charge in [0.2, 0.25) is 5.91 Å². The highest BCUT2D eigenvalue weighted by Crippen LogP contribution is 2.09. The van der Waals surface area contributed by atoms with Crippen LogP contribution in [0, 0.1) is 0 Å². The quantitative estimate of drug-likeness (QED) is 0.671. The average Bonchev–Trinajstić information content (AvgIpc) is 2.25. The molecule has 3 N–H and O–H groups in total. The molecule has 0 aliphatic carbocycles. The zero-order chi connectivity index (χ0) is 11.1. The molecule has 1 amide bonds. The SMILES string of the molecule is O=C(CCCO)NCc1ccc(O)cc1. The van der Waals surface area contributed by atoms with E-state index in [0.717, 1.165) is 5.56 Å². The molecule has 1 aromatic rings. The molecule has 0 aromatic heterocycles. The van der Waals surface area contributed by atoms with Gasteiger partial charge in [0.05, 0.1) is 0 Å². The van der Waals surface area contributed by atoms with Crippen LogP contribution < -0.4 is 5.32 Å². The average molecular weight is 209 g/mol. The first-order chi connectivity index (χ1) is 7.22. The molecule has 0 aliphatic heterocycles. The minimum Gasteiger partial charge on any atom is -0.508 e. The van der Waals surface area contributed by atoms with Crippen LogP contribution in [0.2, 0.25) is 0 Å². The number of aromatic hydroxyl groups is 1. The largest absolute Gasteiger partial charge is 0.508 e. The van der Waals surface area contributed by atoms with Gasteiger partial charge in [-0.05, 0) is 24.1 Å². The van der Waals surface area contributed by atoms with E-state index in [9.17, 15) is 4.79 Å². The molecule has 0 saturated carbocycles. The first-order valence-electron chi connectivity index (χ1n) is 4.88. The third-order valence-corrected chi connectivity index (χ3v) is 1.99. The zero-order valence-corrected chi connectivity index (χ0v) is 8.44. The molecule has 4 heteroatoms. The molecule has 0 radical (unpaired) electrons.